The number of piperidine rings is 2. The number of nitrogens with one attached hydrogen (secondary N) is 2. The molecule has 5 aliphatic heterocycles. The normalized spacial score (nSPS) is 29.7. The maximum Gasteiger partial charge on any atom is 0.272 e. The number of amides is 5. The lowest BCUT2D eigenvalue weighted by Gasteiger charge is -2.35. The highest BCUT2D eigenvalue weighted by Crippen LogP contribution is 2.54. The number of carbonyl (C=O) groups is 5. The van der Waals surface area contributed by atoms with E-state index in [9.17, 15) is 24.0 Å². The number of nitrogens with zero attached hydrogens (tertiary/aromatic N) is 7. The molecule has 2 N–H and O–H groups in total. The highest BCUT2D eigenvalue weighted by molar-refractivity contribution is 6.31. The highest BCUT2D eigenvalue weighted by atomic mass is 35.5. The molecular weight excluding hydrogens is 781 g/mol. The predicted molar refractivity (Wildman–Crippen MR) is 209 cm³/mol. The number of nitriles is 1. The monoisotopic (exact) mass is 821 g/mol. The van der Waals surface area contributed by atoms with E-state index in [0.717, 1.165) is 68.5 Å². The molecule has 3 unspecified atom stereocenters. The Morgan fingerprint density at radius 2 is 1.69 bits per heavy atom. The van der Waals surface area contributed by atoms with Gasteiger partial charge in [0.05, 0.1) is 33.5 Å². The number of hydrogen-bond acceptors (Lipinski definition) is 12. The van der Waals surface area contributed by atoms with Crippen LogP contribution in [0.4, 0.5) is 15.9 Å². The smallest absolute Gasteiger partial charge is 0.272 e. The van der Waals surface area contributed by atoms with Crippen molar-refractivity contribution in [2.24, 2.45) is 17.8 Å². The van der Waals surface area contributed by atoms with Crippen LogP contribution in [-0.2, 0) is 9.59 Å². The lowest BCUT2D eigenvalue weighted by Crippen LogP contribution is -2.54. The van der Waals surface area contributed by atoms with Crippen molar-refractivity contribution in [3.05, 3.63) is 75.7 Å². The fourth-order valence-corrected chi connectivity index (χ4v) is 10.6. The van der Waals surface area contributed by atoms with E-state index in [4.69, 9.17) is 21.6 Å². The van der Waals surface area contributed by atoms with E-state index in [1.807, 2.05) is 17.0 Å². The van der Waals surface area contributed by atoms with Crippen molar-refractivity contribution < 1.29 is 33.1 Å². The van der Waals surface area contributed by atoms with Gasteiger partial charge in [0.2, 0.25) is 11.8 Å². The molecule has 6 atom stereocenters. The molecule has 304 valence electrons. The van der Waals surface area contributed by atoms with Crippen LogP contribution in [0.3, 0.4) is 0 Å². The first kappa shape index (κ1) is 37.6. The van der Waals surface area contributed by atoms with Crippen molar-refractivity contribution in [1.82, 2.24) is 30.6 Å². The third-order valence-electron chi connectivity index (χ3n) is 13.6. The summed E-state index contributed by atoms with van der Waals surface area (Å²) in [7, 11) is 0. The van der Waals surface area contributed by atoms with Crippen LogP contribution in [0.25, 0.3) is 0 Å². The van der Waals surface area contributed by atoms with Gasteiger partial charge in [0.25, 0.3) is 17.7 Å². The van der Waals surface area contributed by atoms with Gasteiger partial charge >= 0.3 is 0 Å². The van der Waals surface area contributed by atoms with Gasteiger partial charge in [-0.15, -0.1) is 10.2 Å². The summed E-state index contributed by atoms with van der Waals surface area (Å²) in [4.78, 5) is 71.3. The number of ether oxygens (including phenoxy) is 1. The van der Waals surface area contributed by atoms with E-state index in [1.54, 1.807) is 24.3 Å². The lowest BCUT2D eigenvalue weighted by molar-refractivity contribution is -0.136. The van der Waals surface area contributed by atoms with Gasteiger partial charge < -0.3 is 19.9 Å². The molecule has 15 nitrogen and oxygen atoms in total. The minimum absolute atomic E-state index is 0.00680. The number of anilines is 2. The Hall–Kier alpha value is -5.66. The maximum absolute atomic E-state index is 15.5. The Morgan fingerprint density at radius 1 is 0.932 bits per heavy atom. The number of benzene rings is 2. The zero-order valence-electron chi connectivity index (χ0n) is 32.0. The van der Waals surface area contributed by atoms with Gasteiger partial charge in [0.1, 0.15) is 23.7 Å². The van der Waals surface area contributed by atoms with Gasteiger partial charge in [-0.2, -0.15) is 5.26 Å². The second-order valence-electron chi connectivity index (χ2n) is 16.9. The molecule has 0 spiro atoms. The van der Waals surface area contributed by atoms with Gasteiger partial charge in [-0.3, -0.25) is 39.1 Å². The summed E-state index contributed by atoms with van der Waals surface area (Å²) in [6.07, 6.45) is 4.20. The molecule has 2 saturated carbocycles. The summed E-state index contributed by atoms with van der Waals surface area (Å²) in [5, 5.41) is 23.5. The average Bonchev–Trinajstić information content (AvgIpc) is 3.70. The van der Waals surface area contributed by atoms with E-state index in [1.165, 1.54) is 6.07 Å². The Labute approximate surface area is 343 Å². The van der Waals surface area contributed by atoms with E-state index in [-0.39, 0.29) is 47.7 Å². The van der Waals surface area contributed by atoms with E-state index in [0.29, 0.717) is 64.9 Å². The molecule has 6 heterocycles. The summed E-state index contributed by atoms with van der Waals surface area (Å²) in [6.45, 7) is 4.05. The molecular formula is C42H41ClFN9O6. The van der Waals surface area contributed by atoms with Crippen LogP contribution in [0.2, 0.25) is 5.02 Å². The number of carbonyl (C=O) groups excluding carboxylic acids is 5. The van der Waals surface area contributed by atoms with Gasteiger partial charge in [0.15, 0.2) is 11.5 Å². The fraction of sp³-hybridized carbons (Fsp3) is 0.476. The largest absolute Gasteiger partial charge is 0.490 e. The SMILES string of the molecule is N#Cc1ccc(O[C@H]2CC[C@H](NC(=O)c3ccc(N4CC5CC4CN5C[C@H]4[C@@H]5CN(c6cc7c(cc6F)C(=O)N(C6CCC(=O)NC6=O)C7=O)C[C@@H]54)nn3)CC2)cc1Cl. The molecule has 6 fully saturated rings. The molecule has 3 aromatic rings. The first-order chi connectivity index (χ1) is 28.5. The number of rotatable bonds is 9. The molecule has 0 radical (unpaired) electrons. The number of hydrogen-bond donors (Lipinski definition) is 2. The van der Waals surface area contributed by atoms with Crippen LogP contribution in [-0.4, -0.2) is 113 Å². The molecule has 2 bridgehead atoms. The number of piperazine rings is 1. The van der Waals surface area contributed by atoms with Gasteiger partial charge in [-0.25, -0.2) is 4.39 Å². The molecule has 2 aromatic carbocycles. The van der Waals surface area contributed by atoms with Crippen LogP contribution in [0.5, 0.6) is 5.75 Å². The van der Waals surface area contributed by atoms with Gasteiger partial charge in [-0.05, 0) is 92.7 Å². The Morgan fingerprint density at radius 3 is 2.36 bits per heavy atom. The third kappa shape index (κ3) is 6.73. The van der Waals surface area contributed by atoms with E-state index < -0.39 is 35.5 Å². The highest BCUT2D eigenvalue weighted by Gasteiger charge is 2.58. The van der Waals surface area contributed by atoms with Crippen LogP contribution in [0, 0.1) is 34.9 Å². The minimum Gasteiger partial charge on any atom is -0.490 e. The van der Waals surface area contributed by atoms with Gasteiger partial charge in [0, 0.05) is 63.3 Å². The lowest BCUT2D eigenvalue weighted by atomic mass is 9.93. The fourth-order valence-electron chi connectivity index (χ4n) is 10.4. The maximum atomic E-state index is 15.5. The topological polar surface area (TPSA) is 181 Å². The number of likely N-dealkylation sites (tertiary alicyclic amines) is 1. The molecule has 1 aromatic heterocycles. The Kier molecular flexibility index (Phi) is 9.28. The zero-order chi connectivity index (χ0) is 40.7. The van der Waals surface area contributed by atoms with Crippen LogP contribution >= 0.6 is 11.6 Å². The molecule has 17 heteroatoms. The number of halogens is 2. The van der Waals surface area contributed by atoms with E-state index in [2.05, 4.69) is 30.6 Å². The molecule has 59 heavy (non-hydrogen) atoms. The molecule has 4 saturated heterocycles. The van der Waals surface area contributed by atoms with Crippen LogP contribution in [0.1, 0.15) is 81.7 Å². The number of aromatic nitrogens is 2. The van der Waals surface area contributed by atoms with Crippen molar-refractivity contribution in [2.75, 3.05) is 42.5 Å². The minimum atomic E-state index is -1.10. The van der Waals surface area contributed by atoms with Crippen LogP contribution in [0.15, 0.2) is 42.5 Å². The summed E-state index contributed by atoms with van der Waals surface area (Å²) < 4.78 is 21.6. The summed E-state index contributed by atoms with van der Waals surface area (Å²) in [5.74, 6) is -0.584. The number of imide groups is 2. The Balaban J connectivity index is 0.682. The Bertz CT molecular complexity index is 2320. The molecule has 10 rings (SSSR count). The van der Waals surface area contributed by atoms with Crippen molar-refractivity contribution in [1.29, 1.82) is 5.26 Å². The first-order valence-corrected chi connectivity index (χ1v) is 20.7. The predicted octanol–water partition coefficient (Wildman–Crippen LogP) is 3.31. The van der Waals surface area contributed by atoms with Crippen molar-refractivity contribution in [3.8, 4) is 11.8 Å². The van der Waals surface area contributed by atoms with E-state index >= 15 is 4.39 Å². The number of fused-ring (bicyclic) bond motifs is 4. The second-order valence-corrected chi connectivity index (χ2v) is 17.3. The summed E-state index contributed by atoms with van der Waals surface area (Å²) in [6, 6.07) is 12.9. The quantitative estimate of drug-likeness (QED) is 0.301. The third-order valence-corrected chi connectivity index (χ3v) is 13.9. The van der Waals surface area contributed by atoms with Crippen molar-refractivity contribution in [2.45, 2.75) is 75.2 Å². The molecule has 2 aliphatic carbocycles. The molecule has 7 aliphatic rings. The van der Waals surface area contributed by atoms with Crippen molar-refractivity contribution >= 4 is 52.6 Å². The first-order valence-electron chi connectivity index (χ1n) is 20.3. The molecule has 5 amide bonds. The average molecular weight is 822 g/mol. The summed E-state index contributed by atoms with van der Waals surface area (Å²) in [5.41, 5.74) is 1.02. The second kappa shape index (κ2) is 14.6. The van der Waals surface area contributed by atoms with Gasteiger partial charge in [-0.1, -0.05) is 11.6 Å². The van der Waals surface area contributed by atoms with Crippen LogP contribution < -0.4 is 25.2 Å². The van der Waals surface area contributed by atoms with Crippen molar-refractivity contribution in [3.63, 3.8) is 0 Å². The standard InChI is InChI=1S/C42H41ClFN9O6/c43-32-12-26(4-1-21(32)15-45)59-25-5-2-22(3-6-25)46-39(55)34-7-9-37(49-48-34)52-17-23-11-24(52)16-50(23)18-29-30-19-51(20-31(29)30)36-14-28-27(13-33(36)44)41(57)53(42(28)58)35-8-10-38(54)47-40(35)56/h1,4,7,9,12-14,22-25,29-31,35H,2-3,5-6,8,10-11,16-20H2,(H,46,55)(H,47,54,56)/t22-,23?,24?,25-,29-,30-,31+,35?. The zero-order valence-corrected chi connectivity index (χ0v) is 32.7. The summed E-state index contributed by atoms with van der Waals surface area (Å²) >= 11 is 6.15.